The average Bonchev–Trinajstić information content (AvgIpc) is 3.51. The molecule has 1 aliphatic carbocycles. The minimum absolute atomic E-state index is 0.314. The lowest BCUT2D eigenvalue weighted by Gasteiger charge is -2.15. The van der Waals surface area contributed by atoms with Crippen molar-refractivity contribution in [2.24, 2.45) is 16.6 Å². The monoisotopic (exact) mass is 358 g/mol. The van der Waals surface area contributed by atoms with Gasteiger partial charge in [0.15, 0.2) is 0 Å². The Balaban J connectivity index is 0.00000117. The first kappa shape index (κ1) is 19.8. The Morgan fingerprint density at radius 1 is 1.31 bits per heavy atom. The Morgan fingerprint density at radius 2 is 2.00 bits per heavy atom. The van der Waals surface area contributed by atoms with Gasteiger partial charge < -0.3 is 15.8 Å². The molecule has 1 aromatic heterocycles. The molecule has 6 heteroatoms. The lowest BCUT2D eigenvalue weighted by molar-refractivity contribution is 0.286. The van der Waals surface area contributed by atoms with E-state index in [1.165, 1.54) is 26.0 Å². The third kappa shape index (κ3) is 5.26. The average molecular weight is 358 g/mol. The van der Waals surface area contributed by atoms with Crippen LogP contribution in [0, 0.1) is 11.9 Å². The van der Waals surface area contributed by atoms with Gasteiger partial charge in [-0.3, -0.25) is 4.99 Å². The Kier molecular flexibility index (Phi) is 7.53. The molecule has 0 amide bonds. The molecular weight excluding hydrogens is 331 g/mol. The fraction of sp³-hybridized carbons (Fsp3) is 0.400. The van der Waals surface area contributed by atoms with E-state index in [0.717, 1.165) is 11.4 Å². The topological polar surface area (TPSA) is 72.5 Å². The number of nitrogens with zero attached hydrogens (tertiary/aromatic N) is 2. The highest BCUT2D eigenvalue weighted by molar-refractivity contribution is 6.06. The van der Waals surface area contributed by atoms with Crippen molar-refractivity contribution >= 4 is 17.1 Å². The van der Waals surface area contributed by atoms with E-state index < -0.39 is 5.95 Å². The fourth-order valence-corrected chi connectivity index (χ4v) is 2.53. The maximum absolute atomic E-state index is 14.0. The van der Waals surface area contributed by atoms with Gasteiger partial charge in [-0.05, 0) is 44.4 Å². The summed E-state index contributed by atoms with van der Waals surface area (Å²) in [6.45, 7) is 2.59. The minimum atomic E-state index is -0.552. The first-order valence-corrected chi connectivity index (χ1v) is 8.93. The molecule has 3 N–H and O–H groups in total. The summed E-state index contributed by atoms with van der Waals surface area (Å²) in [4.78, 5) is 8.59. The molecule has 140 valence electrons. The van der Waals surface area contributed by atoms with E-state index >= 15 is 0 Å². The van der Waals surface area contributed by atoms with Gasteiger partial charge in [0, 0.05) is 18.7 Å². The second-order valence-corrected chi connectivity index (χ2v) is 5.92. The van der Waals surface area contributed by atoms with E-state index in [4.69, 9.17) is 4.74 Å². The SMILES string of the molecule is CCC(=Nc1ccccc1)c1cc(F)nc(OCC2CC2)c1NC.CN. The number of aromatic nitrogens is 1. The van der Waals surface area contributed by atoms with Gasteiger partial charge in [-0.15, -0.1) is 0 Å². The fourth-order valence-electron chi connectivity index (χ4n) is 2.53. The Bertz CT molecular complexity index is 730. The van der Waals surface area contributed by atoms with Gasteiger partial charge in [0.05, 0.1) is 18.0 Å². The molecule has 1 fully saturated rings. The van der Waals surface area contributed by atoms with E-state index in [0.29, 0.717) is 36.1 Å². The van der Waals surface area contributed by atoms with Crippen LogP contribution >= 0.6 is 0 Å². The summed E-state index contributed by atoms with van der Waals surface area (Å²) >= 11 is 0. The Labute approximate surface area is 154 Å². The van der Waals surface area contributed by atoms with Gasteiger partial charge in [0.1, 0.15) is 5.69 Å². The second kappa shape index (κ2) is 9.87. The maximum Gasteiger partial charge on any atom is 0.240 e. The van der Waals surface area contributed by atoms with E-state index in [9.17, 15) is 4.39 Å². The largest absolute Gasteiger partial charge is 0.476 e. The van der Waals surface area contributed by atoms with Crippen molar-refractivity contribution in [3.8, 4) is 5.88 Å². The van der Waals surface area contributed by atoms with Crippen molar-refractivity contribution in [1.82, 2.24) is 4.98 Å². The number of hydrogen-bond donors (Lipinski definition) is 2. The molecule has 0 spiro atoms. The molecule has 26 heavy (non-hydrogen) atoms. The number of para-hydroxylation sites is 1. The molecule has 1 aliphatic rings. The molecule has 0 saturated heterocycles. The Hall–Kier alpha value is -2.47. The smallest absolute Gasteiger partial charge is 0.240 e. The summed E-state index contributed by atoms with van der Waals surface area (Å²) in [5.41, 5.74) is 7.52. The van der Waals surface area contributed by atoms with Gasteiger partial charge in [0.2, 0.25) is 11.8 Å². The Morgan fingerprint density at radius 3 is 2.58 bits per heavy atom. The highest BCUT2D eigenvalue weighted by atomic mass is 19.1. The van der Waals surface area contributed by atoms with E-state index in [1.54, 1.807) is 7.05 Å². The molecule has 1 heterocycles. The van der Waals surface area contributed by atoms with Crippen LogP contribution in [0.1, 0.15) is 31.7 Å². The molecule has 0 atom stereocenters. The summed E-state index contributed by atoms with van der Waals surface area (Å²) in [5.74, 6) is 0.337. The molecule has 2 aromatic rings. The van der Waals surface area contributed by atoms with Crippen molar-refractivity contribution in [3.05, 3.63) is 47.9 Å². The third-order valence-corrected chi connectivity index (χ3v) is 4.02. The molecule has 1 saturated carbocycles. The minimum Gasteiger partial charge on any atom is -0.476 e. The van der Waals surface area contributed by atoms with Crippen molar-refractivity contribution in [2.45, 2.75) is 26.2 Å². The lowest BCUT2D eigenvalue weighted by atomic mass is 10.1. The molecule has 5 nitrogen and oxygen atoms in total. The number of rotatable bonds is 7. The number of halogens is 1. The molecule has 1 aromatic carbocycles. The quantitative estimate of drug-likeness (QED) is 0.576. The van der Waals surface area contributed by atoms with Gasteiger partial charge in [-0.1, -0.05) is 25.1 Å². The number of hydrogen-bond acceptors (Lipinski definition) is 5. The molecule has 0 unspecified atom stereocenters. The summed E-state index contributed by atoms with van der Waals surface area (Å²) < 4.78 is 19.8. The lowest BCUT2D eigenvalue weighted by Crippen LogP contribution is -2.11. The van der Waals surface area contributed by atoms with Crippen LogP contribution in [0.5, 0.6) is 5.88 Å². The predicted octanol–water partition coefficient (Wildman–Crippen LogP) is 4.16. The predicted molar refractivity (Wildman–Crippen MR) is 105 cm³/mol. The number of nitrogens with one attached hydrogen (secondary N) is 1. The van der Waals surface area contributed by atoms with Gasteiger partial charge in [-0.25, -0.2) is 0 Å². The highest BCUT2D eigenvalue weighted by Crippen LogP contribution is 2.33. The van der Waals surface area contributed by atoms with Crippen LogP contribution in [0.15, 0.2) is 41.4 Å². The number of nitrogens with two attached hydrogens (primary N) is 1. The normalized spacial score (nSPS) is 13.7. The molecular formula is C20H27FN4O. The van der Waals surface area contributed by atoms with E-state index in [1.807, 2.05) is 37.3 Å². The highest BCUT2D eigenvalue weighted by Gasteiger charge is 2.24. The summed E-state index contributed by atoms with van der Waals surface area (Å²) in [6, 6.07) is 11.1. The van der Waals surface area contributed by atoms with Crippen LogP contribution in [-0.4, -0.2) is 31.4 Å². The molecule has 0 radical (unpaired) electrons. The summed E-state index contributed by atoms with van der Waals surface area (Å²) in [5, 5.41) is 3.10. The van der Waals surface area contributed by atoms with Crippen molar-refractivity contribution in [2.75, 3.05) is 26.0 Å². The van der Waals surface area contributed by atoms with Crippen LogP contribution in [0.25, 0.3) is 0 Å². The van der Waals surface area contributed by atoms with E-state index in [2.05, 4.69) is 21.0 Å². The van der Waals surface area contributed by atoms with Crippen LogP contribution < -0.4 is 15.8 Å². The molecule has 0 bridgehead atoms. The third-order valence-electron chi connectivity index (χ3n) is 4.02. The van der Waals surface area contributed by atoms with Crippen molar-refractivity contribution < 1.29 is 9.13 Å². The van der Waals surface area contributed by atoms with Crippen molar-refractivity contribution in [1.29, 1.82) is 0 Å². The van der Waals surface area contributed by atoms with E-state index in [-0.39, 0.29) is 0 Å². The number of benzene rings is 1. The number of pyridine rings is 1. The van der Waals surface area contributed by atoms with Gasteiger partial charge in [0.25, 0.3) is 0 Å². The van der Waals surface area contributed by atoms with Crippen LogP contribution in [0.3, 0.4) is 0 Å². The van der Waals surface area contributed by atoms with Gasteiger partial charge in [-0.2, -0.15) is 9.37 Å². The van der Waals surface area contributed by atoms with Crippen LogP contribution in [0.2, 0.25) is 0 Å². The van der Waals surface area contributed by atoms with Crippen molar-refractivity contribution in [3.63, 3.8) is 0 Å². The number of ether oxygens (including phenoxy) is 1. The first-order valence-electron chi connectivity index (χ1n) is 8.93. The molecule has 3 rings (SSSR count). The number of aliphatic imine (C=N–C) groups is 1. The van der Waals surface area contributed by atoms with Gasteiger partial charge >= 0.3 is 0 Å². The first-order chi connectivity index (χ1) is 12.7. The maximum atomic E-state index is 14.0. The zero-order chi connectivity index (χ0) is 18.9. The second-order valence-electron chi connectivity index (χ2n) is 5.92. The summed E-state index contributed by atoms with van der Waals surface area (Å²) in [6.07, 6.45) is 3.02. The van der Waals surface area contributed by atoms with Crippen LogP contribution in [-0.2, 0) is 0 Å². The summed E-state index contributed by atoms with van der Waals surface area (Å²) in [7, 11) is 3.29. The zero-order valence-electron chi connectivity index (χ0n) is 15.6. The standard InChI is InChI=1S/C19H22FN3O.CH5N/c1-3-16(22-14-7-5-4-6-8-14)15-11-17(20)23-19(18(15)21-2)24-12-13-9-10-13;1-2/h4-8,11,13,21H,3,9-10,12H2,1-2H3;2H2,1H3. The number of anilines is 1. The van der Waals surface area contributed by atoms with Crippen LogP contribution in [0.4, 0.5) is 15.8 Å². The zero-order valence-corrected chi connectivity index (χ0v) is 15.6. The molecule has 0 aliphatic heterocycles.